The van der Waals surface area contributed by atoms with Gasteiger partial charge in [0.25, 0.3) is 0 Å². The van der Waals surface area contributed by atoms with E-state index in [9.17, 15) is 4.79 Å². The molecule has 0 aliphatic carbocycles. The fraction of sp³-hybridized carbons (Fsp3) is 0.267. The number of nitrogens with two attached hydrogens (primary N) is 1. The lowest BCUT2D eigenvalue weighted by Gasteiger charge is -2.26. The van der Waals surface area contributed by atoms with Gasteiger partial charge in [-0.1, -0.05) is 0 Å². The van der Waals surface area contributed by atoms with E-state index in [0.717, 1.165) is 24.3 Å². The highest BCUT2D eigenvalue weighted by atomic mass is 16.3. The first-order chi connectivity index (χ1) is 10.1. The molecule has 0 aromatic carbocycles. The van der Waals surface area contributed by atoms with Gasteiger partial charge in [0.15, 0.2) is 5.58 Å². The van der Waals surface area contributed by atoms with E-state index in [0.29, 0.717) is 28.1 Å². The van der Waals surface area contributed by atoms with E-state index in [-0.39, 0.29) is 11.1 Å². The molecule has 0 radical (unpaired) electrons. The van der Waals surface area contributed by atoms with Crippen LogP contribution in [0.5, 0.6) is 0 Å². The smallest absolute Gasteiger partial charge is 0.232 e. The van der Waals surface area contributed by atoms with Crippen LogP contribution in [0, 0.1) is 6.92 Å². The molecule has 1 fully saturated rings. The lowest BCUT2D eigenvalue weighted by molar-refractivity contribution is 0.440. The second-order valence-electron chi connectivity index (χ2n) is 5.43. The van der Waals surface area contributed by atoms with E-state index in [4.69, 9.17) is 10.2 Å². The van der Waals surface area contributed by atoms with Gasteiger partial charge < -0.3 is 15.5 Å². The van der Waals surface area contributed by atoms with Gasteiger partial charge in [0.05, 0.1) is 17.0 Å². The number of fused-ring (bicyclic) bond motifs is 2. The van der Waals surface area contributed by atoms with E-state index >= 15 is 0 Å². The fourth-order valence-electron chi connectivity index (χ4n) is 2.54. The molecular formula is C15H14N4O2. The van der Waals surface area contributed by atoms with Crippen LogP contribution in [0.4, 0.5) is 5.82 Å². The van der Waals surface area contributed by atoms with E-state index in [2.05, 4.69) is 15.3 Å². The third kappa shape index (κ3) is 1.80. The molecule has 3 aromatic heterocycles. The highest BCUT2D eigenvalue weighted by molar-refractivity contribution is 5.88. The van der Waals surface area contributed by atoms with E-state index in [1.165, 1.54) is 0 Å². The van der Waals surface area contributed by atoms with Gasteiger partial charge in [0, 0.05) is 24.7 Å². The number of nitrogens with one attached hydrogen (secondary N) is 1. The Hall–Kier alpha value is -2.47. The Balaban J connectivity index is 2.04. The summed E-state index contributed by atoms with van der Waals surface area (Å²) < 4.78 is 5.68. The highest BCUT2D eigenvalue weighted by Gasteiger charge is 2.21. The highest BCUT2D eigenvalue weighted by Crippen LogP contribution is 2.23. The maximum absolute atomic E-state index is 12.6. The van der Waals surface area contributed by atoms with Crippen LogP contribution in [-0.4, -0.2) is 23.1 Å². The number of rotatable bonds is 1. The summed E-state index contributed by atoms with van der Waals surface area (Å²) in [4.78, 5) is 21.2. The maximum Gasteiger partial charge on any atom is 0.232 e. The average molecular weight is 282 g/mol. The molecule has 21 heavy (non-hydrogen) atoms. The number of hydrogen-bond donors (Lipinski definition) is 2. The number of aryl methyl sites for hydroxylation is 1. The van der Waals surface area contributed by atoms with E-state index in [1.54, 1.807) is 12.3 Å². The zero-order valence-electron chi connectivity index (χ0n) is 11.5. The Morgan fingerprint density at radius 3 is 2.86 bits per heavy atom. The summed E-state index contributed by atoms with van der Waals surface area (Å²) in [7, 11) is 0. The van der Waals surface area contributed by atoms with Crippen molar-refractivity contribution in [3.05, 3.63) is 39.8 Å². The summed E-state index contributed by atoms with van der Waals surface area (Å²) in [6, 6.07) is 3.56. The van der Waals surface area contributed by atoms with Crippen LogP contribution < -0.4 is 16.5 Å². The molecule has 3 aromatic rings. The largest absolute Gasteiger partial charge is 0.436 e. The van der Waals surface area contributed by atoms with Gasteiger partial charge in [-0.15, -0.1) is 0 Å². The summed E-state index contributed by atoms with van der Waals surface area (Å²) in [5.41, 5.74) is 8.09. The van der Waals surface area contributed by atoms with Crippen LogP contribution in [0.15, 0.2) is 27.5 Å². The van der Waals surface area contributed by atoms with Crippen molar-refractivity contribution in [2.24, 2.45) is 0 Å². The molecule has 0 atom stereocenters. The first kappa shape index (κ1) is 12.3. The van der Waals surface area contributed by atoms with Crippen molar-refractivity contribution >= 4 is 27.9 Å². The third-order valence-electron chi connectivity index (χ3n) is 4.00. The van der Waals surface area contributed by atoms with Gasteiger partial charge >= 0.3 is 0 Å². The second-order valence-corrected chi connectivity index (χ2v) is 5.43. The summed E-state index contributed by atoms with van der Waals surface area (Å²) >= 11 is 0. The van der Waals surface area contributed by atoms with Crippen LogP contribution >= 0.6 is 0 Å². The molecule has 1 aliphatic rings. The maximum atomic E-state index is 12.6. The van der Waals surface area contributed by atoms with Crippen LogP contribution in [0.1, 0.15) is 17.2 Å². The van der Waals surface area contributed by atoms with Crippen molar-refractivity contribution in [2.75, 3.05) is 18.8 Å². The van der Waals surface area contributed by atoms with Gasteiger partial charge in [-0.25, -0.2) is 0 Å². The molecule has 0 bridgehead atoms. The summed E-state index contributed by atoms with van der Waals surface area (Å²) in [5.74, 6) is 0.742. The van der Waals surface area contributed by atoms with Crippen LogP contribution in [0.2, 0.25) is 0 Å². The average Bonchev–Trinajstić information content (AvgIpc) is 2.40. The molecule has 1 aliphatic heterocycles. The Labute approximate surface area is 120 Å². The van der Waals surface area contributed by atoms with Crippen molar-refractivity contribution < 1.29 is 4.42 Å². The second kappa shape index (κ2) is 4.26. The monoisotopic (exact) mass is 282 g/mol. The topological polar surface area (TPSA) is 94.0 Å². The Morgan fingerprint density at radius 2 is 2.14 bits per heavy atom. The zero-order valence-corrected chi connectivity index (χ0v) is 11.5. The van der Waals surface area contributed by atoms with Gasteiger partial charge in [-0.2, -0.15) is 4.98 Å². The normalized spacial score (nSPS) is 15.5. The van der Waals surface area contributed by atoms with Gasteiger partial charge in [0.2, 0.25) is 11.1 Å². The van der Waals surface area contributed by atoms with Crippen molar-refractivity contribution in [3.8, 4) is 0 Å². The number of hydrogen-bond acceptors (Lipinski definition) is 6. The summed E-state index contributed by atoms with van der Waals surface area (Å²) in [6.07, 6.45) is 1.60. The van der Waals surface area contributed by atoms with Crippen molar-refractivity contribution in [3.63, 3.8) is 0 Å². The van der Waals surface area contributed by atoms with Crippen LogP contribution in [-0.2, 0) is 0 Å². The zero-order chi connectivity index (χ0) is 14.6. The van der Waals surface area contributed by atoms with Crippen molar-refractivity contribution in [2.45, 2.75) is 12.8 Å². The molecule has 6 nitrogen and oxygen atoms in total. The lowest BCUT2D eigenvalue weighted by Crippen LogP contribution is -2.40. The minimum Gasteiger partial charge on any atom is -0.436 e. The lowest BCUT2D eigenvalue weighted by atomic mass is 9.98. The molecular weight excluding hydrogens is 268 g/mol. The SMILES string of the molecule is Cc1cc2c(=O)c3cc(C4CNC4)ncc3oc2nc1N. The number of pyridine rings is 2. The minimum atomic E-state index is -0.0854. The first-order valence-corrected chi connectivity index (χ1v) is 6.84. The Morgan fingerprint density at radius 1 is 1.33 bits per heavy atom. The molecule has 6 heteroatoms. The number of anilines is 1. The van der Waals surface area contributed by atoms with Gasteiger partial charge in [0.1, 0.15) is 5.82 Å². The number of aromatic nitrogens is 2. The quantitative estimate of drug-likeness (QED) is 0.654. The predicted molar refractivity (Wildman–Crippen MR) is 80.3 cm³/mol. The molecule has 0 amide bonds. The van der Waals surface area contributed by atoms with Gasteiger partial charge in [-0.3, -0.25) is 9.78 Å². The fourth-order valence-corrected chi connectivity index (χ4v) is 2.54. The third-order valence-corrected chi connectivity index (χ3v) is 4.00. The van der Waals surface area contributed by atoms with E-state index in [1.807, 2.05) is 13.0 Å². The molecule has 4 heterocycles. The van der Waals surface area contributed by atoms with Crippen molar-refractivity contribution in [1.29, 1.82) is 0 Å². The molecule has 0 saturated carbocycles. The molecule has 3 N–H and O–H groups in total. The predicted octanol–water partition coefficient (Wildman–Crippen LogP) is 1.31. The van der Waals surface area contributed by atoms with Gasteiger partial charge in [-0.05, 0) is 24.6 Å². The van der Waals surface area contributed by atoms with Crippen LogP contribution in [0.25, 0.3) is 22.1 Å². The Kier molecular flexibility index (Phi) is 2.49. The molecule has 106 valence electrons. The minimum absolute atomic E-state index is 0.0854. The molecule has 4 rings (SSSR count). The molecule has 0 spiro atoms. The summed E-state index contributed by atoms with van der Waals surface area (Å²) in [5, 5.41) is 4.20. The molecule has 1 saturated heterocycles. The Bertz CT molecular complexity index is 928. The van der Waals surface area contributed by atoms with Crippen LogP contribution in [0.3, 0.4) is 0 Å². The van der Waals surface area contributed by atoms with E-state index < -0.39 is 0 Å². The molecule has 0 unspecified atom stereocenters. The first-order valence-electron chi connectivity index (χ1n) is 6.84. The number of nitrogen functional groups attached to an aromatic ring is 1. The number of nitrogens with zero attached hydrogens (tertiary/aromatic N) is 2. The standard InChI is InChI=1S/C15H14N4O2/c1-7-2-10-13(20)9-3-11(8-4-17-5-8)18-6-12(9)21-15(10)19-14(7)16/h2-3,6,8,17H,4-5H2,1H3,(H2,16,19). The summed E-state index contributed by atoms with van der Waals surface area (Å²) in [6.45, 7) is 3.62. The van der Waals surface area contributed by atoms with Crippen molar-refractivity contribution in [1.82, 2.24) is 15.3 Å².